The molecule has 17 heavy (non-hydrogen) atoms. The SMILES string of the molecule is CCCC1CCN(c2cc(F)cc(CN)c2)C1. The first-order valence-corrected chi connectivity index (χ1v) is 6.47. The van der Waals surface area contributed by atoms with Crippen molar-refractivity contribution in [3.8, 4) is 0 Å². The topological polar surface area (TPSA) is 29.3 Å². The maximum atomic E-state index is 13.4. The number of hydrogen-bond acceptors (Lipinski definition) is 2. The van der Waals surface area contributed by atoms with Gasteiger partial charge in [0.15, 0.2) is 0 Å². The Labute approximate surface area is 103 Å². The van der Waals surface area contributed by atoms with Crippen molar-refractivity contribution in [1.29, 1.82) is 0 Å². The normalized spacial score (nSPS) is 19.9. The summed E-state index contributed by atoms with van der Waals surface area (Å²) in [7, 11) is 0. The van der Waals surface area contributed by atoms with E-state index in [0.29, 0.717) is 6.54 Å². The van der Waals surface area contributed by atoms with E-state index in [1.807, 2.05) is 6.07 Å². The third-order valence-electron chi connectivity index (χ3n) is 3.53. The minimum Gasteiger partial charge on any atom is -0.371 e. The van der Waals surface area contributed by atoms with Gasteiger partial charge in [-0.15, -0.1) is 0 Å². The van der Waals surface area contributed by atoms with Crippen LogP contribution in [0.25, 0.3) is 0 Å². The molecule has 94 valence electrons. The summed E-state index contributed by atoms with van der Waals surface area (Å²) in [6.45, 7) is 4.72. The highest BCUT2D eigenvalue weighted by atomic mass is 19.1. The Kier molecular flexibility index (Phi) is 4.00. The monoisotopic (exact) mass is 236 g/mol. The molecule has 1 aliphatic heterocycles. The lowest BCUT2D eigenvalue weighted by Crippen LogP contribution is -2.20. The number of nitrogens with two attached hydrogens (primary N) is 1. The highest BCUT2D eigenvalue weighted by Gasteiger charge is 2.22. The van der Waals surface area contributed by atoms with Crippen molar-refractivity contribution in [2.45, 2.75) is 32.7 Å². The summed E-state index contributed by atoms with van der Waals surface area (Å²) in [5.41, 5.74) is 7.44. The number of halogens is 1. The lowest BCUT2D eigenvalue weighted by molar-refractivity contribution is 0.529. The molecule has 1 atom stereocenters. The van der Waals surface area contributed by atoms with Gasteiger partial charge in [0.1, 0.15) is 5.82 Å². The van der Waals surface area contributed by atoms with Gasteiger partial charge in [0.25, 0.3) is 0 Å². The van der Waals surface area contributed by atoms with E-state index in [-0.39, 0.29) is 5.82 Å². The Bertz CT molecular complexity index is 378. The Morgan fingerprint density at radius 2 is 2.24 bits per heavy atom. The van der Waals surface area contributed by atoms with Crippen molar-refractivity contribution < 1.29 is 4.39 Å². The molecule has 2 rings (SSSR count). The molecule has 0 radical (unpaired) electrons. The van der Waals surface area contributed by atoms with Gasteiger partial charge in [0.05, 0.1) is 0 Å². The van der Waals surface area contributed by atoms with Gasteiger partial charge in [0.2, 0.25) is 0 Å². The fourth-order valence-corrected chi connectivity index (χ4v) is 2.64. The molecule has 3 heteroatoms. The van der Waals surface area contributed by atoms with E-state index < -0.39 is 0 Å². The first-order chi connectivity index (χ1) is 8.22. The Morgan fingerprint density at radius 3 is 2.94 bits per heavy atom. The second-order valence-corrected chi connectivity index (χ2v) is 4.91. The predicted octanol–water partition coefficient (Wildman–Crippen LogP) is 2.91. The van der Waals surface area contributed by atoms with E-state index in [1.54, 1.807) is 6.07 Å². The zero-order valence-corrected chi connectivity index (χ0v) is 10.5. The predicted molar refractivity (Wildman–Crippen MR) is 69.5 cm³/mol. The molecule has 0 aromatic heterocycles. The standard InChI is InChI=1S/C14H21FN2/c1-2-3-11-4-5-17(10-11)14-7-12(9-16)6-13(15)8-14/h6-8,11H,2-5,9-10,16H2,1H3. The average molecular weight is 236 g/mol. The van der Waals surface area contributed by atoms with Crippen LogP contribution in [0.15, 0.2) is 18.2 Å². The molecule has 1 unspecified atom stereocenters. The number of nitrogens with zero attached hydrogens (tertiary/aromatic N) is 1. The lowest BCUT2D eigenvalue weighted by Gasteiger charge is -2.19. The second-order valence-electron chi connectivity index (χ2n) is 4.91. The van der Waals surface area contributed by atoms with Gasteiger partial charge in [-0.3, -0.25) is 0 Å². The van der Waals surface area contributed by atoms with Crippen molar-refractivity contribution >= 4 is 5.69 Å². The van der Waals surface area contributed by atoms with Crippen LogP contribution in [0.3, 0.4) is 0 Å². The molecule has 0 saturated carbocycles. The molecule has 1 aromatic rings. The molecule has 1 saturated heterocycles. The fraction of sp³-hybridized carbons (Fsp3) is 0.571. The van der Waals surface area contributed by atoms with Crippen LogP contribution in [0.2, 0.25) is 0 Å². The van der Waals surface area contributed by atoms with Crippen molar-refractivity contribution in [2.24, 2.45) is 11.7 Å². The van der Waals surface area contributed by atoms with Crippen LogP contribution < -0.4 is 10.6 Å². The molecule has 1 aliphatic rings. The fourth-order valence-electron chi connectivity index (χ4n) is 2.64. The molecule has 0 aliphatic carbocycles. The van der Waals surface area contributed by atoms with Crippen LogP contribution >= 0.6 is 0 Å². The summed E-state index contributed by atoms with van der Waals surface area (Å²) in [5.74, 6) is 0.589. The third kappa shape index (κ3) is 2.97. The summed E-state index contributed by atoms with van der Waals surface area (Å²) in [6.07, 6.45) is 3.73. The molecule has 1 aromatic carbocycles. The van der Waals surface area contributed by atoms with Crippen LogP contribution in [0.4, 0.5) is 10.1 Å². The van der Waals surface area contributed by atoms with E-state index in [4.69, 9.17) is 5.73 Å². The van der Waals surface area contributed by atoms with Crippen LogP contribution in [0.5, 0.6) is 0 Å². The first-order valence-electron chi connectivity index (χ1n) is 6.47. The summed E-state index contributed by atoms with van der Waals surface area (Å²) < 4.78 is 13.4. The molecule has 1 fully saturated rings. The van der Waals surface area contributed by atoms with Crippen LogP contribution in [0.1, 0.15) is 31.7 Å². The van der Waals surface area contributed by atoms with E-state index in [1.165, 1.54) is 25.3 Å². The van der Waals surface area contributed by atoms with Gasteiger partial charge in [-0.05, 0) is 42.5 Å². The van der Waals surface area contributed by atoms with Crippen molar-refractivity contribution in [2.75, 3.05) is 18.0 Å². The van der Waals surface area contributed by atoms with Crippen LogP contribution in [0, 0.1) is 11.7 Å². The lowest BCUT2D eigenvalue weighted by atomic mass is 10.0. The van der Waals surface area contributed by atoms with Crippen molar-refractivity contribution in [3.05, 3.63) is 29.6 Å². The Hall–Kier alpha value is -1.09. The van der Waals surface area contributed by atoms with Crippen LogP contribution in [-0.2, 0) is 6.54 Å². The number of rotatable bonds is 4. The van der Waals surface area contributed by atoms with E-state index >= 15 is 0 Å². The maximum absolute atomic E-state index is 13.4. The Balaban J connectivity index is 2.10. The van der Waals surface area contributed by atoms with E-state index in [0.717, 1.165) is 30.3 Å². The largest absolute Gasteiger partial charge is 0.371 e. The van der Waals surface area contributed by atoms with Crippen LogP contribution in [-0.4, -0.2) is 13.1 Å². The van der Waals surface area contributed by atoms with Gasteiger partial charge in [-0.25, -0.2) is 4.39 Å². The average Bonchev–Trinajstić information content (AvgIpc) is 2.77. The van der Waals surface area contributed by atoms with Gasteiger partial charge in [-0.2, -0.15) is 0 Å². The highest BCUT2D eigenvalue weighted by Crippen LogP contribution is 2.27. The summed E-state index contributed by atoms with van der Waals surface area (Å²) in [5, 5.41) is 0. The van der Waals surface area contributed by atoms with Gasteiger partial charge in [-0.1, -0.05) is 13.3 Å². The quantitative estimate of drug-likeness (QED) is 0.871. The molecule has 2 nitrogen and oxygen atoms in total. The van der Waals surface area contributed by atoms with Gasteiger partial charge in [0, 0.05) is 25.3 Å². The molecule has 0 amide bonds. The molecular formula is C14H21FN2. The summed E-state index contributed by atoms with van der Waals surface area (Å²) >= 11 is 0. The Morgan fingerprint density at radius 1 is 1.41 bits per heavy atom. The van der Waals surface area contributed by atoms with E-state index in [2.05, 4.69) is 11.8 Å². The molecule has 0 spiro atoms. The minimum absolute atomic E-state index is 0.179. The zero-order chi connectivity index (χ0) is 12.3. The van der Waals surface area contributed by atoms with E-state index in [9.17, 15) is 4.39 Å². The third-order valence-corrected chi connectivity index (χ3v) is 3.53. The minimum atomic E-state index is -0.179. The number of hydrogen-bond donors (Lipinski definition) is 1. The summed E-state index contributed by atoms with van der Waals surface area (Å²) in [4.78, 5) is 2.28. The second kappa shape index (κ2) is 5.50. The van der Waals surface area contributed by atoms with Gasteiger partial charge < -0.3 is 10.6 Å². The maximum Gasteiger partial charge on any atom is 0.125 e. The first kappa shape index (κ1) is 12.4. The molecule has 1 heterocycles. The highest BCUT2D eigenvalue weighted by molar-refractivity contribution is 5.50. The molecule has 2 N–H and O–H groups in total. The smallest absolute Gasteiger partial charge is 0.125 e. The van der Waals surface area contributed by atoms with Gasteiger partial charge >= 0.3 is 0 Å². The zero-order valence-electron chi connectivity index (χ0n) is 10.5. The molecule has 0 bridgehead atoms. The van der Waals surface area contributed by atoms with Crippen molar-refractivity contribution in [1.82, 2.24) is 0 Å². The van der Waals surface area contributed by atoms with Crippen molar-refractivity contribution in [3.63, 3.8) is 0 Å². The molecular weight excluding hydrogens is 215 g/mol. The summed E-state index contributed by atoms with van der Waals surface area (Å²) in [6, 6.07) is 5.15. The number of benzene rings is 1. The number of anilines is 1.